The van der Waals surface area contributed by atoms with E-state index < -0.39 is 5.82 Å². The maximum atomic E-state index is 13.2. The number of amides is 2. The highest BCUT2D eigenvalue weighted by Gasteiger charge is 2.14. The summed E-state index contributed by atoms with van der Waals surface area (Å²) >= 11 is 5.71. The lowest BCUT2D eigenvalue weighted by Gasteiger charge is -2.18. The average molecular weight is 412 g/mol. The molecule has 0 aliphatic carbocycles. The van der Waals surface area contributed by atoms with Gasteiger partial charge in [0.15, 0.2) is 0 Å². The lowest BCUT2D eigenvalue weighted by atomic mass is 10.1. The molecule has 5 nitrogen and oxygen atoms in total. The third kappa shape index (κ3) is 5.33. The maximum Gasteiger partial charge on any atom is 0.258 e. The highest BCUT2D eigenvalue weighted by atomic mass is 35.5. The van der Waals surface area contributed by atoms with Crippen molar-refractivity contribution in [3.8, 4) is 0 Å². The van der Waals surface area contributed by atoms with Gasteiger partial charge in [0.25, 0.3) is 5.91 Å². The molecule has 0 atom stereocenters. The van der Waals surface area contributed by atoms with Crippen LogP contribution in [0.2, 0.25) is 5.02 Å². The number of para-hydroxylation sites is 1. The fourth-order valence-electron chi connectivity index (χ4n) is 2.69. The molecule has 0 heterocycles. The van der Waals surface area contributed by atoms with Crippen molar-refractivity contribution in [1.82, 2.24) is 0 Å². The summed E-state index contributed by atoms with van der Waals surface area (Å²) in [6, 6.07) is 20.2. The molecular formula is C22H19ClFN3O2. The summed E-state index contributed by atoms with van der Waals surface area (Å²) in [6.45, 7) is -0.0266. The molecular weight excluding hydrogens is 393 g/mol. The van der Waals surface area contributed by atoms with Crippen LogP contribution >= 0.6 is 11.6 Å². The van der Waals surface area contributed by atoms with E-state index in [4.69, 9.17) is 11.6 Å². The van der Waals surface area contributed by atoms with Crippen molar-refractivity contribution in [2.24, 2.45) is 0 Å². The van der Waals surface area contributed by atoms with Gasteiger partial charge in [-0.05, 0) is 48.5 Å². The first kappa shape index (κ1) is 20.4. The van der Waals surface area contributed by atoms with E-state index in [1.807, 2.05) is 30.3 Å². The van der Waals surface area contributed by atoms with E-state index in [0.717, 1.165) is 5.69 Å². The largest absolute Gasteiger partial charge is 0.376 e. The smallest absolute Gasteiger partial charge is 0.258 e. The molecule has 0 aliphatic heterocycles. The molecule has 0 unspecified atom stereocenters. The zero-order valence-electron chi connectivity index (χ0n) is 15.7. The van der Waals surface area contributed by atoms with Crippen LogP contribution < -0.4 is 15.5 Å². The SMILES string of the molecule is CN(C(=O)c1cccc(NCC(=O)Nc2ccc(F)c(Cl)c2)c1)c1ccccc1. The summed E-state index contributed by atoms with van der Waals surface area (Å²) in [5.41, 5.74) is 2.31. The molecule has 0 saturated heterocycles. The van der Waals surface area contributed by atoms with E-state index in [0.29, 0.717) is 16.9 Å². The standard InChI is InChI=1S/C22H19ClFN3O2/c1-27(18-8-3-2-4-9-18)22(29)15-6-5-7-16(12-15)25-14-21(28)26-17-10-11-20(24)19(23)13-17/h2-13,25H,14H2,1H3,(H,26,28). The number of anilines is 3. The van der Waals surface area contributed by atoms with Gasteiger partial charge in [-0.2, -0.15) is 0 Å². The van der Waals surface area contributed by atoms with Crippen LogP contribution in [0, 0.1) is 5.82 Å². The first-order chi connectivity index (χ1) is 13.9. The Morgan fingerprint density at radius 1 is 0.966 bits per heavy atom. The Bertz CT molecular complexity index is 1030. The lowest BCUT2D eigenvalue weighted by molar-refractivity contribution is -0.114. The van der Waals surface area contributed by atoms with Gasteiger partial charge in [0, 0.05) is 29.7 Å². The predicted octanol–water partition coefficient (Wildman–Crippen LogP) is 4.81. The van der Waals surface area contributed by atoms with Gasteiger partial charge in [-0.25, -0.2) is 4.39 Å². The molecule has 148 valence electrons. The number of halogens is 2. The number of hydrogen-bond donors (Lipinski definition) is 2. The summed E-state index contributed by atoms with van der Waals surface area (Å²) in [5.74, 6) is -1.04. The second-order valence-electron chi connectivity index (χ2n) is 6.31. The van der Waals surface area contributed by atoms with Gasteiger partial charge in [0.2, 0.25) is 5.91 Å². The second kappa shape index (κ2) is 9.21. The minimum Gasteiger partial charge on any atom is -0.376 e. The Morgan fingerprint density at radius 2 is 1.72 bits per heavy atom. The van der Waals surface area contributed by atoms with Crippen LogP contribution in [0.4, 0.5) is 21.5 Å². The molecule has 0 radical (unpaired) electrons. The average Bonchev–Trinajstić information content (AvgIpc) is 2.74. The van der Waals surface area contributed by atoms with Gasteiger partial charge < -0.3 is 15.5 Å². The van der Waals surface area contributed by atoms with Gasteiger partial charge in [-0.3, -0.25) is 9.59 Å². The van der Waals surface area contributed by atoms with E-state index in [1.54, 1.807) is 36.2 Å². The van der Waals surface area contributed by atoms with Crippen LogP contribution in [0.25, 0.3) is 0 Å². The monoisotopic (exact) mass is 411 g/mol. The van der Waals surface area contributed by atoms with Gasteiger partial charge in [-0.15, -0.1) is 0 Å². The highest BCUT2D eigenvalue weighted by Crippen LogP contribution is 2.20. The van der Waals surface area contributed by atoms with Crippen molar-refractivity contribution in [3.63, 3.8) is 0 Å². The molecule has 3 aromatic rings. The van der Waals surface area contributed by atoms with Crippen LogP contribution in [0.3, 0.4) is 0 Å². The number of benzene rings is 3. The number of rotatable bonds is 6. The molecule has 3 rings (SSSR count). The molecule has 2 N–H and O–H groups in total. The normalized spacial score (nSPS) is 10.3. The highest BCUT2D eigenvalue weighted by molar-refractivity contribution is 6.31. The summed E-state index contributed by atoms with van der Waals surface area (Å²) in [5, 5.41) is 5.54. The summed E-state index contributed by atoms with van der Waals surface area (Å²) in [6.07, 6.45) is 0. The number of hydrogen-bond acceptors (Lipinski definition) is 3. The molecule has 3 aromatic carbocycles. The molecule has 29 heavy (non-hydrogen) atoms. The molecule has 0 fully saturated rings. The van der Waals surface area contributed by atoms with Crippen LogP contribution in [0.15, 0.2) is 72.8 Å². The third-order valence-corrected chi connectivity index (χ3v) is 4.50. The first-order valence-corrected chi connectivity index (χ1v) is 9.24. The van der Waals surface area contributed by atoms with Crippen molar-refractivity contribution in [2.45, 2.75) is 0 Å². The number of carbonyl (C=O) groups excluding carboxylic acids is 2. The van der Waals surface area contributed by atoms with Crippen LogP contribution in [-0.2, 0) is 4.79 Å². The molecule has 7 heteroatoms. The molecule has 0 aliphatic rings. The van der Waals surface area contributed by atoms with Crippen molar-refractivity contribution in [3.05, 3.63) is 89.2 Å². The number of nitrogens with one attached hydrogen (secondary N) is 2. The van der Waals surface area contributed by atoms with Crippen molar-refractivity contribution >= 4 is 40.5 Å². The van der Waals surface area contributed by atoms with Gasteiger partial charge >= 0.3 is 0 Å². The van der Waals surface area contributed by atoms with E-state index in [2.05, 4.69) is 10.6 Å². The topological polar surface area (TPSA) is 61.4 Å². The summed E-state index contributed by atoms with van der Waals surface area (Å²) in [4.78, 5) is 26.4. The van der Waals surface area contributed by atoms with Crippen LogP contribution in [0.5, 0.6) is 0 Å². The number of nitrogens with zero attached hydrogens (tertiary/aromatic N) is 1. The third-order valence-electron chi connectivity index (χ3n) is 4.21. The minimum atomic E-state index is -0.551. The fourth-order valence-corrected chi connectivity index (χ4v) is 2.87. The Balaban J connectivity index is 1.61. The maximum absolute atomic E-state index is 13.2. The predicted molar refractivity (Wildman–Crippen MR) is 114 cm³/mol. The van der Waals surface area contributed by atoms with Gasteiger partial charge in [0.1, 0.15) is 5.82 Å². The Hall–Kier alpha value is -3.38. The van der Waals surface area contributed by atoms with E-state index >= 15 is 0 Å². The summed E-state index contributed by atoms with van der Waals surface area (Å²) in [7, 11) is 1.71. The summed E-state index contributed by atoms with van der Waals surface area (Å²) < 4.78 is 13.2. The van der Waals surface area contributed by atoms with Crippen LogP contribution in [-0.4, -0.2) is 25.4 Å². The van der Waals surface area contributed by atoms with Crippen molar-refractivity contribution < 1.29 is 14.0 Å². The molecule has 2 amide bonds. The second-order valence-corrected chi connectivity index (χ2v) is 6.72. The molecule has 0 spiro atoms. The number of carbonyl (C=O) groups is 2. The zero-order valence-corrected chi connectivity index (χ0v) is 16.4. The van der Waals surface area contributed by atoms with Crippen molar-refractivity contribution in [1.29, 1.82) is 0 Å². The molecule has 0 aromatic heterocycles. The van der Waals surface area contributed by atoms with Crippen molar-refractivity contribution in [2.75, 3.05) is 29.1 Å². The van der Waals surface area contributed by atoms with Crippen LogP contribution in [0.1, 0.15) is 10.4 Å². The Morgan fingerprint density at radius 3 is 2.45 bits per heavy atom. The molecule has 0 saturated carbocycles. The lowest BCUT2D eigenvalue weighted by Crippen LogP contribution is -2.26. The van der Waals surface area contributed by atoms with Gasteiger partial charge in [0.05, 0.1) is 11.6 Å². The van der Waals surface area contributed by atoms with E-state index in [9.17, 15) is 14.0 Å². The van der Waals surface area contributed by atoms with Gasteiger partial charge in [-0.1, -0.05) is 35.9 Å². The quantitative estimate of drug-likeness (QED) is 0.612. The zero-order chi connectivity index (χ0) is 20.8. The van der Waals surface area contributed by atoms with E-state index in [1.165, 1.54) is 18.2 Å². The molecule has 0 bridgehead atoms. The minimum absolute atomic E-state index is 0.0266. The first-order valence-electron chi connectivity index (χ1n) is 8.86. The van der Waals surface area contributed by atoms with E-state index in [-0.39, 0.29) is 23.4 Å². The fraction of sp³-hybridized carbons (Fsp3) is 0.0909. The Labute approximate surface area is 173 Å². The Kier molecular flexibility index (Phi) is 6.46.